The van der Waals surface area contributed by atoms with Gasteiger partial charge in [-0.25, -0.2) is 14.5 Å². The molecule has 3 heterocycles. The van der Waals surface area contributed by atoms with Crippen LogP contribution in [0.5, 0.6) is 5.75 Å². The molecule has 1 amide bonds. The van der Waals surface area contributed by atoms with E-state index in [0.717, 1.165) is 10.4 Å². The molecule has 8 nitrogen and oxygen atoms in total. The number of nitrogens with one attached hydrogen (secondary N) is 1. The molecule has 1 N–H and O–H groups in total. The predicted octanol–water partition coefficient (Wildman–Crippen LogP) is 4.29. The van der Waals surface area contributed by atoms with Gasteiger partial charge in [0.25, 0.3) is 5.91 Å². The van der Waals surface area contributed by atoms with Crippen LogP contribution in [-0.2, 0) is 16.1 Å². The van der Waals surface area contributed by atoms with Crippen LogP contribution in [0.2, 0.25) is 0 Å². The molecule has 0 spiro atoms. The van der Waals surface area contributed by atoms with Gasteiger partial charge >= 0.3 is 5.97 Å². The van der Waals surface area contributed by atoms with Crippen LogP contribution < -0.4 is 10.1 Å². The van der Waals surface area contributed by atoms with Gasteiger partial charge in [-0.1, -0.05) is 12.1 Å². The highest BCUT2D eigenvalue weighted by Gasteiger charge is 2.20. The molecule has 0 fully saturated rings. The summed E-state index contributed by atoms with van der Waals surface area (Å²) in [4.78, 5) is 31.0. The van der Waals surface area contributed by atoms with Crippen molar-refractivity contribution in [2.24, 2.45) is 0 Å². The van der Waals surface area contributed by atoms with Crippen LogP contribution >= 0.6 is 11.3 Å². The monoisotopic (exact) mass is 450 g/mol. The quantitative estimate of drug-likeness (QED) is 0.422. The Hall–Kier alpha value is -3.72. The van der Waals surface area contributed by atoms with E-state index in [1.807, 2.05) is 37.4 Å². The maximum atomic E-state index is 12.9. The van der Waals surface area contributed by atoms with Crippen molar-refractivity contribution in [1.29, 1.82) is 0 Å². The summed E-state index contributed by atoms with van der Waals surface area (Å²) in [7, 11) is 1.52. The highest BCUT2D eigenvalue weighted by molar-refractivity contribution is 7.13. The molecule has 0 bridgehead atoms. The van der Waals surface area contributed by atoms with Gasteiger partial charge in [0.15, 0.2) is 12.3 Å². The van der Waals surface area contributed by atoms with Crippen LogP contribution in [0.1, 0.15) is 22.8 Å². The van der Waals surface area contributed by atoms with Gasteiger partial charge in [0.05, 0.1) is 40.5 Å². The summed E-state index contributed by atoms with van der Waals surface area (Å²) in [6.07, 6.45) is 1.60. The Bertz CT molecular complexity index is 1280. The number of pyridine rings is 1. The fraction of sp³-hybridized carbons (Fsp3) is 0.217. The average molecular weight is 451 g/mol. The largest absolute Gasteiger partial charge is 0.495 e. The number of esters is 1. The zero-order valence-electron chi connectivity index (χ0n) is 17.9. The van der Waals surface area contributed by atoms with Gasteiger partial charge < -0.3 is 14.8 Å². The molecule has 0 aliphatic rings. The molecule has 0 saturated carbocycles. The number of hydrogen-bond donors (Lipinski definition) is 1. The second kappa shape index (κ2) is 9.19. The number of benzene rings is 1. The Balaban J connectivity index is 1.56. The van der Waals surface area contributed by atoms with E-state index in [0.29, 0.717) is 40.3 Å². The standard InChI is InChI=1S/C23H22N4O4S/c1-4-27-22-16(12-24-27)15(11-18(26-22)20-6-5-9-32-20)23(29)31-13-21(28)25-17-10-14(2)7-8-19(17)30-3/h5-12H,4,13H2,1-3H3,(H,25,28). The van der Waals surface area contributed by atoms with E-state index in [1.54, 1.807) is 29.1 Å². The second-order valence-electron chi connectivity index (χ2n) is 7.06. The number of carbonyl (C=O) groups excluding carboxylic acids is 2. The van der Waals surface area contributed by atoms with Crippen LogP contribution in [0.4, 0.5) is 5.69 Å². The normalized spacial score (nSPS) is 10.8. The van der Waals surface area contributed by atoms with Crippen molar-refractivity contribution >= 4 is 39.9 Å². The Morgan fingerprint density at radius 3 is 2.78 bits per heavy atom. The smallest absolute Gasteiger partial charge is 0.339 e. The summed E-state index contributed by atoms with van der Waals surface area (Å²) in [5.41, 5.74) is 3.05. The van der Waals surface area contributed by atoms with E-state index in [2.05, 4.69) is 15.4 Å². The predicted molar refractivity (Wildman–Crippen MR) is 123 cm³/mol. The van der Waals surface area contributed by atoms with Crippen molar-refractivity contribution in [2.75, 3.05) is 19.0 Å². The average Bonchev–Trinajstić information content (AvgIpc) is 3.47. The SMILES string of the molecule is CCn1ncc2c(C(=O)OCC(=O)Nc3cc(C)ccc3OC)cc(-c3cccs3)nc21. The molecule has 164 valence electrons. The summed E-state index contributed by atoms with van der Waals surface area (Å²) in [5.74, 6) is -0.550. The molecule has 0 radical (unpaired) electrons. The van der Waals surface area contributed by atoms with Gasteiger partial charge in [-0.3, -0.25) is 4.79 Å². The minimum atomic E-state index is -0.614. The van der Waals surface area contributed by atoms with Crippen molar-refractivity contribution in [3.63, 3.8) is 0 Å². The maximum Gasteiger partial charge on any atom is 0.339 e. The molecule has 1 aromatic carbocycles. The number of methoxy groups -OCH3 is 1. The molecule has 32 heavy (non-hydrogen) atoms. The number of anilines is 1. The van der Waals surface area contributed by atoms with Crippen LogP contribution in [0, 0.1) is 6.92 Å². The van der Waals surface area contributed by atoms with E-state index >= 15 is 0 Å². The number of rotatable bonds is 7. The number of aromatic nitrogens is 3. The van der Waals surface area contributed by atoms with E-state index in [4.69, 9.17) is 9.47 Å². The Kier molecular flexibility index (Phi) is 6.18. The van der Waals surface area contributed by atoms with Gasteiger partial charge in [-0.15, -0.1) is 11.3 Å². The molecular formula is C23H22N4O4S. The third kappa shape index (κ3) is 4.33. The molecule has 0 aliphatic heterocycles. The molecule has 3 aromatic heterocycles. The first-order chi connectivity index (χ1) is 15.5. The van der Waals surface area contributed by atoms with Crippen molar-refractivity contribution in [3.05, 3.63) is 59.1 Å². The second-order valence-corrected chi connectivity index (χ2v) is 8.01. The highest BCUT2D eigenvalue weighted by Crippen LogP contribution is 2.28. The lowest BCUT2D eigenvalue weighted by Gasteiger charge is -2.11. The van der Waals surface area contributed by atoms with Gasteiger partial charge in [-0.05, 0) is 49.1 Å². The minimum Gasteiger partial charge on any atom is -0.495 e. The van der Waals surface area contributed by atoms with Crippen LogP contribution in [-0.4, -0.2) is 40.4 Å². The number of carbonyl (C=O) groups is 2. The molecule has 4 rings (SSSR count). The topological polar surface area (TPSA) is 95.3 Å². The lowest BCUT2D eigenvalue weighted by Crippen LogP contribution is -2.21. The molecule has 4 aromatic rings. The number of aryl methyl sites for hydroxylation is 2. The van der Waals surface area contributed by atoms with E-state index in [1.165, 1.54) is 18.4 Å². The van der Waals surface area contributed by atoms with Crippen LogP contribution in [0.3, 0.4) is 0 Å². The van der Waals surface area contributed by atoms with E-state index in [-0.39, 0.29) is 0 Å². The molecule has 0 unspecified atom stereocenters. The van der Waals surface area contributed by atoms with E-state index < -0.39 is 18.5 Å². The number of fused-ring (bicyclic) bond motifs is 1. The number of amides is 1. The molecular weight excluding hydrogens is 428 g/mol. The number of thiophene rings is 1. The zero-order valence-corrected chi connectivity index (χ0v) is 18.7. The lowest BCUT2D eigenvalue weighted by atomic mass is 10.1. The van der Waals surface area contributed by atoms with Crippen molar-refractivity contribution in [1.82, 2.24) is 14.8 Å². The summed E-state index contributed by atoms with van der Waals surface area (Å²) in [6, 6.07) is 11.0. The van der Waals surface area contributed by atoms with Crippen LogP contribution in [0.25, 0.3) is 21.6 Å². The number of ether oxygens (including phenoxy) is 2. The van der Waals surface area contributed by atoms with Crippen molar-refractivity contribution in [2.45, 2.75) is 20.4 Å². The van der Waals surface area contributed by atoms with Crippen molar-refractivity contribution < 1.29 is 19.1 Å². The summed E-state index contributed by atoms with van der Waals surface area (Å²) in [6.45, 7) is 4.04. The number of nitrogens with zero attached hydrogens (tertiary/aromatic N) is 3. The molecule has 9 heteroatoms. The van der Waals surface area contributed by atoms with Crippen molar-refractivity contribution in [3.8, 4) is 16.3 Å². The zero-order chi connectivity index (χ0) is 22.7. The third-order valence-electron chi connectivity index (χ3n) is 4.87. The first-order valence-corrected chi connectivity index (χ1v) is 10.9. The summed E-state index contributed by atoms with van der Waals surface area (Å²) < 4.78 is 12.3. The Morgan fingerprint density at radius 1 is 1.22 bits per heavy atom. The first kappa shape index (κ1) is 21.5. The van der Waals surface area contributed by atoms with Crippen LogP contribution in [0.15, 0.2) is 48.0 Å². The highest BCUT2D eigenvalue weighted by atomic mass is 32.1. The fourth-order valence-corrected chi connectivity index (χ4v) is 4.00. The summed E-state index contributed by atoms with van der Waals surface area (Å²) in [5, 5.41) is 9.57. The minimum absolute atomic E-state index is 0.319. The number of hydrogen-bond acceptors (Lipinski definition) is 7. The third-order valence-corrected chi connectivity index (χ3v) is 5.76. The fourth-order valence-electron chi connectivity index (χ4n) is 3.31. The first-order valence-electron chi connectivity index (χ1n) is 10.0. The van der Waals surface area contributed by atoms with Gasteiger partial charge in [0.1, 0.15) is 5.75 Å². The van der Waals surface area contributed by atoms with Gasteiger partial charge in [-0.2, -0.15) is 5.10 Å². The lowest BCUT2D eigenvalue weighted by molar-refractivity contribution is -0.119. The molecule has 0 aliphatic carbocycles. The van der Waals surface area contributed by atoms with Gasteiger partial charge in [0, 0.05) is 6.54 Å². The molecule has 0 saturated heterocycles. The van der Waals surface area contributed by atoms with E-state index in [9.17, 15) is 9.59 Å². The Morgan fingerprint density at radius 2 is 2.06 bits per heavy atom. The summed E-state index contributed by atoms with van der Waals surface area (Å²) >= 11 is 1.52. The molecule has 0 atom stereocenters. The maximum absolute atomic E-state index is 12.9. The van der Waals surface area contributed by atoms with Gasteiger partial charge in [0.2, 0.25) is 0 Å². The Labute approximate surface area is 188 Å².